The molecule has 5 nitrogen and oxygen atoms in total. The molecule has 6 heteroatoms. The lowest BCUT2D eigenvalue weighted by atomic mass is 9.90. The molecule has 0 spiro atoms. The van der Waals surface area contributed by atoms with Crippen LogP contribution in [0.3, 0.4) is 0 Å². The van der Waals surface area contributed by atoms with Crippen LogP contribution in [0, 0.1) is 0 Å². The monoisotopic (exact) mass is 465 g/mol. The SMILES string of the molecule is C=C(NC1CCCCCC1)C1(C)Cn2c(cc3sccc32)C(=O)N1CCC1=CC=C(O)CC1. The molecule has 2 N–H and O–H groups in total. The minimum absolute atomic E-state index is 0.0887. The van der Waals surface area contributed by atoms with Crippen LogP contribution < -0.4 is 5.32 Å². The highest BCUT2D eigenvalue weighted by atomic mass is 32.1. The average molecular weight is 466 g/mol. The smallest absolute Gasteiger partial charge is 0.271 e. The Morgan fingerprint density at radius 1 is 1.24 bits per heavy atom. The van der Waals surface area contributed by atoms with E-state index in [0.29, 0.717) is 31.3 Å². The van der Waals surface area contributed by atoms with Crippen molar-refractivity contribution in [2.75, 3.05) is 6.54 Å². The maximum Gasteiger partial charge on any atom is 0.271 e. The van der Waals surface area contributed by atoms with E-state index >= 15 is 0 Å². The van der Waals surface area contributed by atoms with Crippen LogP contribution in [0.25, 0.3) is 10.2 Å². The van der Waals surface area contributed by atoms with E-state index in [-0.39, 0.29) is 5.91 Å². The Morgan fingerprint density at radius 2 is 2.03 bits per heavy atom. The number of thiophene rings is 1. The van der Waals surface area contributed by atoms with Gasteiger partial charge in [-0.05, 0) is 56.2 Å². The number of aromatic nitrogens is 1. The number of nitrogens with one attached hydrogen (secondary N) is 1. The molecule has 0 bridgehead atoms. The van der Waals surface area contributed by atoms with E-state index in [4.69, 9.17) is 0 Å². The number of fused-ring (bicyclic) bond motifs is 3. The zero-order valence-corrected chi connectivity index (χ0v) is 20.4. The highest BCUT2D eigenvalue weighted by Crippen LogP contribution is 2.37. The van der Waals surface area contributed by atoms with Gasteiger partial charge in [-0.3, -0.25) is 4.79 Å². The Balaban J connectivity index is 1.44. The van der Waals surface area contributed by atoms with Crippen LogP contribution in [0.15, 0.2) is 53.3 Å². The van der Waals surface area contributed by atoms with Gasteiger partial charge in [0.2, 0.25) is 0 Å². The fourth-order valence-corrected chi connectivity index (χ4v) is 6.47. The quantitative estimate of drug-likeness (QED) is 0.493. The second kappa shape index (κ2) is 9.05. The van der Waals surface area contributed by atoms with Gasteiger partial charge in [0.05, 0.1) is 28.1 Å². The molecule has 0 radical (unpaired) electrons. The number of hydrogen-bond acceptors (Lipinski definition) is 4. The maximum atomic E-state index is 13.8. The molecule has 33 heavy (non-hydrogen) atoms. The summed E-state index contributed by atoms with van der Waals surface area (Å²) in [6, 6.07) is 4.62. The van der Waals surface area contributed by atoms with E-state index < -0.39 is 5.54 Å². The number of aliphatic hydroxyl groups is 1. The van der Waals surface area contributed by atoms with Crippen molar-refractivity contribution in [1.82, 2.24) is 14.8 Å². The molecule has 3 aliphatic rings. The lowest BCUT2D eigenvalue weighted by molar-refractivity contribution is 0.0448. The van der Waals surface area contributed by atoms with E-state index in [9.17, 15) is 9.90 Å². The van der Waals surface area contributed by atoms with Gasteiger partial charge in [0, 0.05) is 24.7 Å². The Morgan fingerprint density at radius 3 is 2.76 bits per heavy atom. The first-order chi connectivity index (χ1) is 16.0. The van der Waals surface area contributed by atoms with Crippen LogP contribution in [-0.4, -0.2) is 38.6 Å². The Labute approximate surface area is 200 Å². The van der Waals surface area contributed by atoms with E-state index in [1.54, 1.807) is 17.4 Å². The number of hydrogen-bond donors (Lipinski definition) is 2. The van der Waals surface area contributed by atoms with Gasteiger partial charge >= 0.3 is 0 Å². The minimum atomic E-state index is -0.503. The van der Waals surface area contributed by atoms with Crippen molar-refractivity contribution in [3.8, 4) is 0 Å². The lowest BCUT2D eigenvalue weighted by Crippen LogP contribution is -2.60. The van der Waals surface area contributed by atoms with Gasteiger partial charge < -0.3 is 19.9 Å². The standard InChI is InChI=1S/C27H35N3O2S/c1-19(28-21-7-5-3-4-6-8-21)27(2)18-29-23-14-16-33-25(23)17-24(29)26(32)30(27)15-13-20-9-11-22(31)12-10-20/h9,11,14,16-17,21,28,31H,1,3-8,10,12-13,15,18H2,2H3. The minimum Gasteiger partial charge on any atom is -0.512 e. The van der Waals surface area contributed by atoms with E-state index in [1.165, 1.54) is 48.8 Å². The number of aliphatic hydroxyl groups excluding tert-OH is 1. The number of carbonyl (C=O) groups is 1. The molecule has 0 saturated heterocycles. The van der Waals surface area contributed by atoms with Crippen LogP contribution in [0.1, 0.15) is 75.2 Å². The third-order valence-electron chi connectivity index (χ3n) is 7.80. The molecular formula is C27H35N3O2S. The van der Waals surface area contributed by atoms with E-state index in [0.717, 1.165) is 29.7 Å². The van der Waals surface area contributed by atoms with Gasteiger partial charge in [0.25, 0.3) is 5.91 Å². The second-order valence-corrected chi connectivity index (χ2v) is 11.0. The predicted molar refractivity (Wildman–Crippen MR) is 136 cm³/mol. The molecule has 2 aromatic heterocycles. The van der Waals surface area contributed by atoms with Gasteiger partial charge in [-0.25, -0.2) is 0 Å². The normalized spacial score (nSPS) is 24.3. The van der Waals surface area contributed by atoms with Crippen LogP contribution in [0.4, 0.5) is 0 Å². The first kappa shape index (κ1) is 22.3. The maximum absolute atomic E-state index is 13.8. The average Bonchev–Trinajstić information content (AvgIpc) is 3.29. The molecule has 1 amide bonds. The molecule has 1 saturated carbocycles. The molecule has 2 aromatic rings. The summed E-state index contributed by atoms with van der Waals surface area (Å²) < 4.78 is 3.37. The van der Waals surface area contributed by atoms with E-state index in [1.807, 2.05) is 6.08 Å². The van der Waals surface area contributed by atoms with Gasteiger partial charge in [-0.2, -0.15) is 0 Å². The molecule has 5 rings (SSSR count). The van der Waals surface area contributed by atoms with Crippen molar-refractivity contribution in [2.24, 2.45) is 0 Å². The molecule has 1 unspecified atom stereocenters. The third kappa shape index (κ3) is 4.25. The van der Waals surface area contributed by atoms with Crippen molar-refractivity contribution in [1.29, 1.82) is 0 Å². The number of nitrogens with zero attached hydrogens (tertiary/aromatic N) is 2. The number of amides is 1. The number of rotatable bonds is 6. The summed E-state index contributed by atoms with van der Waals surface area (Å²) in [4.78, 5) is 15.9. The predicted octanol–water partition coefficient (Wildman–Crippen LogP) is 6.30. The lowest BCUT2D eigenvalue weighted by Gasteiger charge is -2.47. The highest BCUT2D eigenvalue weighted by Gasteiger charge is 2.44. The third-order valence-corrected chi connectivity index (χ3v) is 8.66. The van der Waals surface area contributed by atoms with Crippen molar-refractivity contribution in [2.45, 2.75) is 82.8 Å². The van der Waals surface area contributed by atoms with Gasteiger partial charge in [0.15, 0.2) is 0 Å². The van der Waals surface area contributed by atoms with Crippen LogP contribution in [-0.2, 0) is 6.54 Å². The molecule has 1 atom stereocenters. The van der Waals surface area contributed by atoms with Crippen molar-refractivity contribution >= 4 is 27.5 Å². The van der Waals surface area contributed by atoms with Crippen molar-refractivity contribution in [3.05, 3.63) is 59.0 Å². The first-order valence-corrected chi connectivity index (χ1v) is 13.3. The largest absolute Gasteiger partial charge is 0.512 e. The number of allylic oxidation sites excluding steroid dienone is 3. The summed E-state index contributed by atoms with van der Waals surface area (Å²) >= 11 is 1.69. The summed E-state index contributed by atoms with van der Waals surface area (Å²) in [5, 5.41) is 15.6. The second-order valence-electron chi connectivity index (χ2n) is 10.1. The Bertz CT molecular complexity index is 1120. The Kier molecular flexibility index (Phi) is 6.12. The van der Waals surface area contributed by atoms with Crippen molar-refractivity contribution < 1.29 is 9.90 Å². The molecule has 1 aliphatic heterocycles. The molecule has 3 heterocycles. The summed E-state index contributed by atoms with van der Waals surface area (Å²) in [6.45, 7) is 8.06. The topological polar surface area (TPSA) is 57.5 Å². The highest BCUT2D eigenvalue weighted by molar-refractivity contribution is 7.17. The van der Waals surface area contributed by atoms with Gasteiger partial charge in [-0.1, -0.05) is 43.9 Å². The van der Waals surface area contributed by atoms with Gasteiger partial charge in [0.1, 0.15) is 5.69 Å². The molecule has 0 aromatic carbocycles. The molecule has 176 valence electrons. The van der Waals surface area contributed by atoms with E-state index in [2.05, 4.69) is 45.8 Å². The van der Waals surface area contributed by atoms with Crippen molar-refractivity contribution in [3.63, 3.8) is 0 Å². The summed E-state index contributed by atoms with van der Waals surface area (Å²) in [6.07, 6.45) is 13.7. The number of carbonyl (C=O) groups excluding carboxylic acids is 1. The van der Waals surface area contributed by atoms with Crippen LogP contribution >= 0.6 is 11.3 Å². The van der Waals surface area contributed by atoms with Gasteiger partial charge in [-0.15, -0.1) is 11.3 Å². The molecule has 1 fully saturated rings. The first-order valence-electron chi connectivity index (χ1n) is 12.4. The fraction of sp³-hybridized carbons (Fsp3) is 0.519. The molecular weight excluding hydrogens is 430 g/mol. The summed E-state index contributed by atoms with van der Waals surface area (Å²) in [7, 11) is 0. The summed E-state index contributed by atoms with van der Waals surface area (Å²) in [5.41, 5.74) is 3.67. The summed E-state index contributed by atoms with van der Waals surface area (Å²) in [5.74, 6) is 0.530. The van der Waals surface area contributed by atoms with Crippen LogP contribution in [0.5, 0.6) is 0 Å². The zero-order valence-electron chi connectivity index (χ0n) is 19.6. The van der Waals surface area contributed by atoms with Crippen LogP contribution in [0.2, 0.25) is 0 Å². The zero-order chi connectivity index (χ0) is 23.0. The fourth-order valence-electron chi connectivity index (χ4n) is 5.65. The molecule has 2 aliphatic carbocycles. The Hall–Kier alpha value is -2.47.